The van der Waals surface area contributed by atoms with Crippen LogP contribution in [0.25, 0.3) is 0 Å². The summed E-state index contributed by atoms with van der Waals surface area (Å²) in [5.74, 6) is 0.585. The van der Waals surface area contributed by atoms with Crippen molar-refractivity contribution in [2.45, 2.75) is 18.7 Å². The van der Waals surface area contributed by atoms with Crippen molar-refractivity contribution in [2.24, 2.45) is 0 Å². The molecular formula is C11H15NO2PtS. The van der Waals surface area contributed by atoms with Crippen LogP contribution in [-0.2, 0) is 21.1 Å². The van der Waals surface area contributed by atoms with Crippen LogP contribution in [0.15, 0.2) is 17.0 Å². The molecule has 16 heavy (non-hydrogen) atoms. The molecule has 1 aromatic carbocycles. The number of nitrogens with one attached hydrogen (secondary N) is 1. The minimum absolute atomic E-state index is 0. The SMILES string of the molecule is CNC(=O)Oc1cc(C)c(SC)c(C)c1.[Pt]. The quantitative estimate of drug-likeness (QED) is 0.748. The first kappa shape index (κ1) is 15.5. The molecular weight excluding hydrogens is 405 g/mol. The fraction of sp³-hybridized carbons (Fsp3) is 0.364. The third kappa shape index (κ3) is 3.84. The predicted molar refractivity (Wildman–Crippen MR) is 62.8 cm³/mol. The van der Waals surface area contributed by atoms with Crippen molar-refractivity contribution in [2.75, 3.05) is 13.3 Å². The summed E-state index contributed by atoms with van der Waals surface area (Å²) >= 11 is 1.70. The molecule has 0 radical (unpaired) electrons. The summed E-state index contributed by atoms with van der Waals surface area (Å²) in [6.07, 6.45) is 1.60. The van der Waals surface area contributed by atoms with Crippen LogP contribution in [0.5, 0.6) is 5.75 Å². The number of ether oxygens (including phenoxy) is 1. The van der Waals surface area contributed by atoms with Crippen LogP contribution < -0.4 is 10.1 Å². The van der Waals surface area contributed by atoms with Gasteiger partial charge >= 0.3 is 6.09 Å². The first-order valence-electron chi connectivity index (χ1n) is 4.63. The van der Waals surface area contributed by atoms with E-state index in [2.05, 4.69) is 5.32 Å². The summed E-state index contributed by atoms with van der Waals surface area (Å²) in [5.41, 5.74) is 2.25. The number of hydrogen-bond acceptors (Lipinski definition) is 3. The monoisotopic (exact) mass is 420 g/mol. The van der Waals surface area contributed by atoms with Crippen LogP contribution in [0.2, 0.25) is 0 Å². The third-order valence-electron chi connectivity index (χ3n) is 2.05. The Morgan fingerprint density at radius 1 is 1.31 bits per heavy atom. The van der Waals surface area contributed by atoms with E-state index in [-0.39, 0.29) is 21.1 Å². The zero-order valence-electron chi connectivity index (χ0n) is 9.70. The Morgan fingerprint density at radius 2 is 1.81 bits per heavy atom. The van der Waals surface area contributed by atoms with Gasteiger partial charge in [-0.2, -0.15) is 0 Å². The van der Waals surface area contributed by atoms with Crippen molar-refractivity contribution in [3.63, 3.8) is 0 Å². The van der Waals surface area contributed by atoms with Crippen LogP contribution in [0.3, 0.4) is 0 Å². The Morgan fingerprint density at radius 3 is 2.19 bits per heavy atom. The maximum Gasteiger partial charge on any atom is 0.412 e. The second-order valence-corrected chi connectivity index (χ2v) is 4.05. The molecule has 0 aliphatic heterocycles. The van der Waals surface area contributed by atoms with Gasteiger partial charge in [-0.25, -0.2) is 4.79 Å². The van der Waals surface area contributed by atoms with Crippen molar-refractivity contribution in [3.8, 4) is 5.75 Å². The minimum Gasteiger partial charge on any atom is -0.410 e. The molecule has 0 atom stereocenters. The van der Waals surface area contributed by atoms with Gasteiger partial charge in [0.1, 0.15) is 5.75 Å². The Labute approximate surface area is 115 Å². The average Bonchev–Trinajstić information content (AvgIpc) is 2.17. The summed E-state index contributed by atoms with van der Waals surface area (Å²) < 4.78 is 5.07. The molecule has 0 spiro atoms. The standard InChI is InChI=1S/C11H15NO2S.Pt/c1-7-5-9(14-11(13)12-3)6-8(2)10(7)15-4;/h5-6H,1-4H3,(H,12,13);. The second kappa shape index (κ2) is 6.97. The first-order valence-corrected chi connectivity index (χ1v) is 5.85. The number of amides is 1. The van der Waals surface area contributed by atoms with Crippen LogP contribution >= 0.6 is 11.8 Å². The third-order valence-corrected chi connectivity index (χ3v) is 3.10. The van der Waals surface area contributed by atoms with Crippen molar-refractivity contribution >= 4 is 17.9 Å². The Kier molecular flexibility index (Phi) is 6.77. The Balaban J connectivity index is 0.00000225. The fourth-order valence-electron chi connectivity index (χ4n) is 1.45. The van der Waals surface area contributed by atoms with Crippen molar-refractivity contribution in [3.05, 3.63) is 23.3 Å². The van der Waals surface area contributed by atoms with Crippen molar-refractivity contribution in [1.29, 1.82) is 0 Å². The van der Waals surface area contributed by atoms with E-state index < -0.39 is 6.09 Å². The Hall–Kier alpha value is -0.472. The molecule has 0 unspecified atom stereocenters. The van der Waals surface area contributed by atoms with Gasteiger partial charge in [0.05, 0.1) is 0 Å². The first-order chi connectivity index (χ1) is 7.08. The summed E-state index contributed by atoms with van der Waals surface area (Å²) in [4.78, 5) is 12.3. The summed E-state index contributed by atoms with van der Waals surface area (Å²) in [6.45, 7) is 4.02. The molecule has 0 saturated carbocycles. The molecule has 1 rings (SSSR count). The summed E-state index contributed by atoms with van der Waals surface area (Å²) in [6, 6.07) is 3.74. The van der Waals surface area contributed by atoms with Crippen LogP contribution in [0.1, 0.15) is 11.1 Å². The number of benzene rings is 1. The van der Waals surface area contributed by atoms with Crippen LogP contribution in [0.4, 0.5) is 4.79 Å². The molecule has 92 valence electrons. The van der Waals surface area contributed by atoms with Crippen LogP contribution in [0, 0.1) is 13.8 Å². The number of rotatable bonds is 2. The zero-order chi connectivity index (χ0) is 11.4. The van der Waals surface area contributed by atoms with E-state index in [1.54, 1.807) is 11.8 Å². The van der Waals surface area contributed by atoms with E-state index in [1.807, 2.05) is 32.2 Å². The molecule has 3 nitrogen and oxygen atoms in total. The van der Waals surface area contributed by atoms with Gasteiger partial charge in [-0.3, -0.25) is 0 Å². The topological polar surface area (TPSA) is 38.3 Å². The zero-order valence-corrected chi connectivity index (χ0v) is 12.8. The molecule has 0 aliphatic rings. The molecule has 0 bridgehead atoms. The number of carbonyl (C=O) groups is 1. The molecule has 1 aromatic rings. The van der Waals surface area contributed by atoms with E-state index in [9.17, 15) is 4.79 Å². The molecule has 0 aliphatic carbocycles. The van der Waals surface area contributed by atoms with Gasteiger partial charge in [-0.05, 0) is 43.4 Å². The van der Waals surface area contributed by atoms with Gasteiger partial charge < -0.3 is 10.1 Å². The molecule has 5 heteroatoms. The molecule has 0 heterocycles. The van der Waals surface area contributed by atoms with E-state index in [0.29, 0.717) is 5.75 Å². The number of thioether (sulfide) groups is 1. The van der Waals surface area contributed by atoms with Gasteiger partial charge in [-0.15, -0.1) is 11.8 Å². The second-order valence-electron chi connectivity index (χ2n) is 3.23. The molecule has 1 amide bonds. The van der Waals surface area contributed by atoms with E-state index in [0.717, 1.165) is 11.1 Å². The number of hydrogen-bond donors (Lipinski definition) is 1. The van der Waals surface area contributed by atoms with Crippen LogP contribution in [-0.4, -0.2) is 19.4 Å². The predicted octanol–water partition coefficient (Wildman–Crippen LogP) is 2.74. The van der Waals surface area contributed by atoms with E-state index in [1.165, 1.54) is 11.9 Å². The van der Waals surface area contributed by atoms with Gasteiger partial charge in [-0.1, -0.05) is 0 Å². The maximum atomic E-state index is 11.0. The maximum absolute atomic E-state index is 11.0. The smallest absolute Gasteiger partial charge is 0.410 e. The molecule has 0 aromatic heterocycles. The van der Waals surface area contributed by atoms with Gasteiger partial charge in [0.25, 0.3) is 0 Å². The van der Waals surface area contributed by atoms with Crippen molar-refractivity contribution < 1.29 is 30.6 Å². The normalized spacial score (nSPS) is 9.25. The average molecular weight is 420 g/mol. The number of aryl methyl sites for hydroxylation is 2. The molecule has 1 N–H and O–H groups in total. The van der Waals surface area contributed by atoms with Gasteiger partial charge in [0.15, 0.2) is 0 Å². The van der Waals surface area contributed by atoms with E-state index >= 15 is 0 Å². The fourth-order valence-corrected chi connectivity index (χ4v) is 2.21. The largest absolute Gasteiger partial charge is 0.412 e. The van der Waals surface area contributed by atoms with E-state index in [4.69, 9.17) is 4.74 Å². The van der Waals surface area contributed by atoms with Crippen molar-refractivity contribution in [1.82, 2.24) is 5.32 Å². The summed E-state index contributed by atoms with van der Waals surface area (Å²) in [7, 11) is 1.54. The van der Waals surface area contributed by atoms with Gasteiger partial charge in [0, 0.05) is 33.0 Å². The Bertz CT molecular complexity index is 359. The molecule has 0 saturated heterocycles. The number of carbonyl (C=O) groups excluding carboxylic acids is 1. The summed E-state index contributed by atoms with van der Waals surface area (Å²) in [5, 5.41) is 2.41. The molecule has 0 fully saturated rings. The van der Waals surface area contributed by atoms with Gasteiger partial charge in [0.2, 0.25) is 0 Å². The minimum atomic E-state index is -0.439.